The van der Waals surface area contributed by atoms with E-state index in [9.17, 15) is 14.4 Å². The third kappa shape index (κ3) is 7.96. The molecule has 1 atom stereocenters. The lowest BCUT2D eigenvalue weighted by molar-refractivity contribution is -0.143. The number of halogens is 3. The van der Waals surface area contributed by atoms with E-state index < -0.39 is 23.5 Å². The Morgan fingerprint density at radius 2 is 1.67 bits per heavy atom. The van der Waals surface area contributed by atoms with Gasteiger partial charge in [-0.2, -0.15) is 0 Å². The fraction of sp³-hybridized carbons (Fsp3) is 0.257. The van der Waals surface area contributed by atoms with Crippen molar-refractivity contribution in [1.29, 1.82) is 0 Å². The summed E-state index contributed by atoms with van der Waals surface area (Å²) in [6.45, 7) is 5.41. The molecule has 1 aliphatic rings. The van der Waals surface area contributed by atoms with Crippen LogP contribution in [-0.2, 0) is 25.7 Å². The standard InChI is InChI=1S/C35H31Cl3N2O8S/c1-5-45-27-16-21(11-12-26(27)47-18-29(41)44-4)31-30(34(43)46-6-2)19(3)39-35-40(31)33(42)28(49-35)15-20-13-24(37)32(25(38)14-20)48-17-22-9-7-8-10-23(22)36/h7-16,31H,5-6,17-18H2,1-4H3/b28-15-/t31-/m1/s1. The summed E-state index contributed by atoms with van der Waals surface area (Å²) in [4.78, 5) is 44.2. The minimum Gasteiger partial charge on any atom is -0.490 e. The molecule has 0 aliphatic carbocycles. The van der Waals surface area contributed by atoms with E-state index in [-0.39, 0.29) is 53.5 Å². The van der Waals surface area contributed by atoms with Crippen LogP contribution in [-0.4, -0.2) is 43.4 Å². The van der Waals surface area contributed by atoms with Crippen molar-refractivity contribution in [3.8, 4) is 17.2 Å². The molecule has 49 heavy (non-hydrogen) atoms. The Hall–Kier alpha value is -4.29. The lowest BCUT2D eigenvalue weighted by Gasteiger charge is -2.25. The van der Waals surface area contributed by atoms with Crippen molar-refractivity contribution in [2.45, 2.75) is 33.4 Å². The number of carbonyl (C=O) groups excluding carboxylic acids is 2. The third-order valence-corrected chi connectivity index (χ3v) is 9.23. The normalized spacial score (nSPS) is 14.2. The van der Waals surface area contributed by atoms with Crippen molar-refractivity contribution in [2.24, 2.45) is 4.99 Å². The first-order valence-electron chi connectivity index (χ1n) is 15.1. The van der Waals surface area contributed by atoms with E-state index in [1.165, 1.54) is 11.7 Å². The number of rotatable bonds is 12. The SMILES string of the molecule is CCOC(=O)C1=C(C)N=c2s/c(=C\c3cc(Cl)c(OCc4ccccc4Cl)c(Cl)c3)c(=O)n2[C@@H]1c1ccc(OCC(=O)OC)c(OCC)c1. The largest absolute Gasteiger partial charge is 0.490 e. The van der Waals surface area contributed by atoms with Gasteiger partial charge < -0.3 is 23.7 Å². The maximum Gasteiger partial charge on any atom is 0.343 e. The van der Waals surface area contributed by atoms with Gasteiger partial charge in [0.1, 0.15) is 6.61 Å². The second-order valence-corrected chi connectivity index (χ2v) is 12.7. The Labute approximate surface area is 300 Å². The van der Waals surface area contributed by atoms with Crippen molar-refractivity contribution < 1.29 is 33.3 Å². The Morgan fingerprint density at radius 1 is 0.939 bits per heavy atom. The number of hydrogen-bond donors (Lipinski definition) is 0. The number of hydrogen-bond acceptors (Lipinski definition) is 10. The number of esters is 2. The number of ether oxygens (including phenoxy) is 5. The van der Waals surface area contributed by atoms with Crippen LogP contribution in [0.25, 0.3) is 6.08 Å². The van der Waals surface area contributed by atoms with Gasteiger partial charge in [0.05, 0.1) is 52.2 Å². The fourth-order valence-electron chi connectivity index (χ4n) is 5.10. The predicted molar refractivity (Wildman–Crippen MR) is 188 cm³/mol. The molecular weight excluding hydrogens is 715 g/mol. The molecule has 0 spiro atoms. The average Bonchev–Trinajstić information content (AvgIpc) is 3.37. The number of thiazole rings is 1. The molecule has 1 aromatic heterocycles. The van der Waals surface area contributed by atoms with E-state index >= 15 is 0 Å². The van der Waals surface area contributed by atoms with Crippen LogP contribution in [0.5, 0.6) is 17.2 Å². The van der Waals surface area contributed by atoms with Crippen LogP contribution in [0.1, 0.15) is 43.5 Å². The summed E-state index contributed by atoms with van der Waals surface area (Å²) in [7, 11) is 1.26. The monoisotopic (exact) mass is 744 g/mol. The van der Waals surface area contributed by atoms with Gasteiger partial charge in [0, 0.05) is 10.6 Å². The van der Waals surface area contributed by atoms with Crippen LogP contribution in [0.2, 0.25) is 15.1 Å². The molecule has 0 amide bonds. The number of methoxy groups -OCH3 is 1. The highest BCUT2D eigenvalue weighted by Gasteiger charge is 2.34. The molecule has 3 aromatic carbocycles. The molecule has 0 radical (unpaired) electrons. The van der Waals surface area contributed by atoms with E-state index in [0.29, 0.717) is 36.9 Å². The van der Waals surface area contributed by atoms with Crippen LogP contribution in [0.4, 0.5) is 0 Å². The summed E-state index contributed by atoms with van der Waals surface area (Å²) < 4.78 is 29.2. The van der Waals surface area contributed by atoms with E-state index in [4.69, 9.17) is 53.8 Å². The summed E-state index contributed by atoms with van der Waals surface area (Å²) in [5.74, 6) is -0.304. The molecule has 10 nitrogen and oxygen atoms in total. The van der Waals surface area contributed by atoms with Crippen molar-refractivity contribution in [1.82, 2.24) is 4.57 Å². The van der Waals surface area contributed by atoms with Gasteiger partial charge >= 0.3 is 11.9 Å². The lowest BCUT2D eigenvalue weighted by atomic mass is 9.95. The summed E-state index contributed by atoms with van der Waals surface area (Å²) in [6.07, 6.45) is 1.65. The Bertz CT molecular complexity index is 2100. The zero-order valence-electron chi connectivity index (χ0n) is 26.9. The second-order valence-electron chi connectivity index (χ2n) is 10.5. The number of aromatic nitrogens is 1. The van der Waals surface area contributed by atoms with Gasteiger partial charge in [-0.3, -0.25) is 9.36 Å². The van der Waals surface area contributed by atoms with Crippen LogP contribution in [0.15, 0.2) is 75.7 Å². The van der Waals surface area contributed by atoms with Crippen molar-refractivity contribution in [2.75, 3.05) is 26.9 Å². The number of nitrogens with zero attached hydrogens (tertiary/aromatic N) is 2. The Kier molecular flexibility index (Phi) is 11.7. The molecular formula is C35H31Cl3N2O8S. The molecule has 0 unspecified atom stereocenters. The molecule has 5 rings (SSSR count). The molecule has 1 aliphatic heterocycles. The number of carbonyl (C=O) groups is 2. The minimum absolute atomic E-state index is 0.122. The van der Waals surface area contributed by atoms with Gasteiger partial charge in [-0.25, -0.2) is 14.6 Å². The van der Waals surface area contributed by atoms with E-state index in [0.717, 1.165) is 16.9 Å². The van der Waals surface area contributed by atoms with Gasteiger partial charge in [0.25, 0.3) is 5.56 Å². The highest BCUT2D eigenvalue weighted by Crippen LogP contribution is 2.37. The first kappa shape index (κ1) is 36.0. The highest BCUT2D eigenvalue weighted by atomic mass is 35.5. The molecule has 0 bridgehead atoms. The Morgan fingerprint density at radius 3 is 2.35 bits per heavy atom. The first-order valence-corrected chi connectivity index (χ1v) is 17.0. The number of benzene rings is 3. The highest BCUT2D eigenvalue weighted by molar-refractivity contribution is 7.07. The molecule has 4 aromatic rings. The van der Waals surface area contributed by atoms with Gasteiger partial charge in [0.15, 0.2) is 28.7 Å². The Balaban J connectivity index is 1.57. The van der Waals surface area contributed by atoms with Crippen LogP contribution in [0.3, 0.4) is 0 Å². The van der Waals surface area contributed by atoms with Crippen LogP contribution < -0.4 is 29.1 Å². The first-order chi connectivity index (χ1) is 23.6. The topological polar surface area (TPSA) is 115 Å². The lowest BCUT2D eigenvalue weighted by Crippen LogP contribution is -2.40. The van der Waals surface area contributed by atoms with Gasteiger partial charge in [-0.1, -0.05) is 70.4 Å². The van der Waals surface area contributed by atoms with E-state index in [1.807, 2.05) is 18.2 Å². The molecule has 0 fully saturated rings. The van der Waals surface area contributed by atoms with Gasteiger partial charge in [-0.05, 0) is 68.3 Å². The van der Waals surface area contributed by atoms with Gasteiger partial charge in [-0.15, -0.1) is 0 Å². The summed E-state index contributed by atoms with van der Waals surface area (Å²) in [5, 5.41) is 1.04. The second kappa shape index (κ2) is 15.9. The summed E-state index contributed by atoms with van der Waals surface area (Å²) >= 11 is 20.6. The quantitative estimate of drug-likeness (QED) is 0.156. The van der Waals surface area contributed by atoms with Crippen LogP contribution >= 0.6 is 46.1 Å². The predicted octanol–water partition coefficient (Wildman–Crippen LogP) is 6.29. The van der Waals surface area contributed by atoms with E-state index in [1.54, 1.807) is 63.2 Å². The zero-order valence-corrected chi connectivity index (χ0v) is 30.0. The molecule has 14 heteroatoms. The van der Waals surface area contributed by atoms with Crippen molar-refractivity contribution >= 4 is 64.2 Å². The molecule has 0 saturated heterocycles. The number of fused-ring (bicyclic) bond motifs is 1. The minimum atomic E-state index is -0.918. The average molecular weight is 746 g/mol. The zero-order chi connectivity index (χ0) is 35.2. The van der Waals surface area contributed by atoms with Crippen molar-refractivity contribution in [3.63, 3.8) is 0 Å². The third-order valence-electron chi connectivity index (χ3n) is 7.32. The van der Waals surface area contributed by atoms with E-state index in [2.05, 4.69) is 9.73 Å². The maximum absolute atomic E-state index is 14.1. The fourth-order valence-corrected chi connectivity index (χ4v) is 6.95. The van der Waals surface area contributed by atoms with Gasteiger partial charge in [0.2, 0.25) is 0 Å². The molecule has 256 valence electrons. The molecule has 0 saturated carbocycles. The molecule has 0 N–H and O–H groups in total. The molecule has 2 heterocycles. The summed E-state index contributed by atoms with van der Waals surface area (Å²) in [5.41, 5.74) is 2.03. The smallest absolute Gasteiger partial charge is 0.343 e. The number of allylic oxidation sites excluding steroid dienone is 1. The van der Waals surface area contributed by atoms with Crippen LogP contribution in [0, 0.1) is 0 Å². The maximum atomic E-state index is 14.1. The van der Waals surface area contributed by atoms with Crippen molar-refractivity contribution in [3.05, 3.63) is 117 Å². The summed E-state index contributed by atoms with van der Waals surface area (Å²) in [6, 6.07) is 14.6.